The highest BCUT2D eigenvalue weighted by atomic mass is 16.5. The van der Waals surface area contributed by atoms with Crippen LogP contribution in [-0.2, 0) is 24.5 Å². The number of methoxy groups -OCH3 is 2. The Morgan fingerprint density at radius 1 is 0.741 bits per heavy atom. The maximum Gasteiger partial charge on any atom is 0.407 e. The molecule has 2 aromatic rings. The van der Waals surface area contributed by atoms with E-state index in [1.807, 2.05) is 38.8 Å². The number of alkyl carbamates (subject to hydrolysis) is 2. The molecule has 13 heteroatoms. The first-order valence-corrected chi connectivity index (χ1v) is 21.6. The Hall–Kier alpha value is -4.68. The predicted molar refractivity (Wildman–Crippen MR) is 218 cm³/mol. The molecule has 8 atom stereocenters. The van der Waals surface area contributed by atoms with Gasteiger partial charge in [-0.1, -0.05) is 52.0 Å². The lowest BCUT2D eigenvalue weighted by molar-refractivity contribution is -0.137. The second-order valence-corrected chi connectivity index (χ2v) is 19.1. The number of aromatic amines is 1. The minimum absolute atomic E-state index is 0.00407. The quantitative estimate of drug-likeness (QED) is 0.226. The van der Waals surface area contributed by atoms with E-state index in [1.54, 1.807) is 0 Å². The number of carbonyl (C=O) groups is 4. The Bertz CT molecular complexity index is 2010. The van der Waals surface area contributed by atoms with Gasteiger partial charge in [-0.3, -0.25) is 14.6 Å². The van der Waals surface area contributed by atoms with E-state index in [1.165, 1.54) is 25.4 Å². The molecule has 3 N–H and O–H groups in total. The van der Waals surface area contributed by atoms with E-state index in [0.29, 0.717) is 11.8 Å². The van der Waals surface area contributed by atoms with Gasteiger partial charge in [0.05, 0.1) is 38.2 Å². The van der Waals surface area contributed by atoms with Crippen LogP contribution in [-0.4, -0.2) is 93.9 Å². The summed E-state index contributed by atoms with van der Waals surface area (Å²) in [6.45, 7) is 7.80. The third kappa shape index (κ3) is 6.60. The molecule has 0 radical (unpaired) electrons. The number of nitrogens with one attached hydrogen (secondary N) is 3. The third-order valence-electron chi connectivity index (χ3n) is 15.3. The van der Waals surface area contributed by atoms with Crippen LogP contribution < -0.4 is 10.6 Å². The van der Waals surface area contributed by atoms with Crippen molar-refractivity contribution in [2.75, 3.05) is 14.2 Å². The minimum Gasteiger partial charge on any atom is -0.453 e. The second kappa shape index (κ2) is 14.5. The fraction of sp³-hybridized carbons (Fsp3) is 0.644. The van der Waals surface area contributed by atoms with Gasteiger partial charge in [0, 0.05) is 30.4 Å². The van der Waals surface area contributed by atoms with Crippen molar-refractivity contribution >= 4 is 29.7 Å². The average molecular weight is 794 g/mol. The molecule has 0 spiro atoms. The number of likely N-dealkylation sites (tertiary alicyclic amines) is 2. The summed E-state index contributed by atoms with van der Waals surface area (Å²) < 4.78 is 9.67. The lowest BCUT2D eigenvalue weighted by Gasteiger charge is -2.54. The van der Waals surface area contributed by atoms with Crippen molar-refractivity contribution < 1.29 is 28.7 Å². The summed E-state index contributed by atoms with van der Waals surface area (Å²) in [5, 5.41) is 5.56. The maximum absolute atomic E-state index is 14.0. The molecule has 5 saturated carbocycles. The van der Waals surface area contributed by atoms with Crippen molar-refractivity contribution in [3.8, 4) is 11.3 Å². The largest absolute Gasteiger partial charge is 0.453 e. The molecule has 13 nitrogen and oxygen atoms in total. The zero-order valence-corrected chi connectivity index (χ0v) is 34.8. The number of fused-ring (bicyclic) bond motifs is 5. The highest BCUT2D eigenvalue weighted by Crippen LogP contribution is 2.62. The summed E-state index contributed by atoms with van der Waals surface area (Å²) >= 11 is 0. The van der Waals surface area contributed by atoms with Crippen LogP contribution in [0.1, 0.15) is 116 Å². The fourth-order valence-electron chi connectivity index (χ4n) is 11.5. The number of ether oxygens (including phenoxy) is 2. The van der Waals surface area contributed by atoms with Crippen molar-refractivity contribution in [1.82, 2.24) is 30.4 Å². The predicted octanol–water partition coefficient (Wildman–Crippen LogP) is 6.81. The van der Waals surface area contributed by atoms with E-state index in [4.69, 9.17) is 19.5 Å². The number of aromatic nitrogens is 2. The number of imidazole rings is 1. The first-order chi connectivity index (χ1) is 27.8. The summed E-state index contributed by atoms with van der Waals surface area (Å²) in [5.41, 5.74) is 6.33. The lowest BCUT2D eigenvalue weighted by atomic mass is 9.50. The van der Waals surface area contributed by atoms with Crippen LogP contribution in [0.5, 0.6) is 0 Å². The monoisotopic (exact) mass is 793 g/mol. The Morgan fingerprint density at radius 3 is 1.79 bits per heavy atom. The number of piperidine rings is 2. The Balaban J connectivity index is 0.831. The number of H-pyrrole nitrogens is 1. The van der Waals surface area contributed by atoms with E-state index < -0.39 is 24.3 Å². The first kappa shape index (κ1) is 38.8. The number of carbonyl (C=O) groups excluding carboxylic acids is 4. The van der Waals surface area contributed by atoms with Crippen molar-refractivity contribution in [3.05, 3.63) is 53.6 Å². The molecule has 58 heavy (non-hydrogen) atoms. The molecule has 10 rings (SSSR count). The maximum atomic E-state index is 14.0. The van der Waals surface area contributed by atoms with Crippen LogP contribution >= 0.6 is 0 Å². The SMILES string of the molecule is COC(=O)N[C@H](C(=O)N1[C@@H]2C[C@@H]2C[C@H]1C1=NC=C(C23CCC(c4ccc(-c5cnc([C@@H]6C[C@H]7C[C@H]7N6C(=O)[C@@H](NC(=O)OC)C(C)C)[nH]5)cc4)(CC2)CC3)C1)C(C)C. The van der Waals surface area contributed by atoms with Gasteiger partial charge in [-0.25, -0.2) is 14.6 Å². The highest BCUT2D eigenvalue weighted by Gasteiger charge is 2.58. The Kier molecular flexibility index (Phi) is 9.74. The van der Waals surface area contributed by atoms with Gasteiger partial charge >= 0.3 is 12.2 Å². The molecule has 310 valence electrons. The van der Waals surface area contributed by atoms with Crippen molar-refractivity contribution in [3.63, 3.8) is 0 Å². The number of aliphatic imine (C=N–C) groups is 1. The van der Waals surface area contributed by atoms with Crippen LogP contribution in [0.25, 0.3) is 11.3 Å². The summed E-state index contributed by atoms with van der Waals surface area (Å²) in [4.78, 5) is 69.4. The molecule has 2 saturated heterocycles. The summed E-state index contributed by atoms with van der Waals surface area (Å²) in [7, 11) is 2.65. The first-order valence-electron chi connectivity index (χ1n) is 21.6. The molecule has 1 aromatic carbocycles. The van der Waals surface area contributed by atoms with Crippen LogP contribution in [0.4, 0.5) is 9.59 Å². The number of benzene rings is 1. The van der Waals surface area contributed by atoms with Gasteiger partial charge in [-0.2, -0.15) is 0 Å². The van der Waals surface area contributed by atoms with E-state index in [2.05, 4.69) is 51.0 Å². The van der Waals surface area contributed by atoms with Gasteiger partial charge in [0.15, 0.2) is 0 Å². The van der Waals surface area contributed by atoms with Crippen molar-refractivity contribution in [2.24, 2.45) is 34.1 Å². The molecule has 7 fully saturated rings. The number of hydrogen-bond acceptors (Lipinski definition) is 8. The van der Waals surface area contributed by atoms with Gasteiger partial charge in [0.2, 0.25) is 11.8 Å². The molecule has 2 bridgehead atoms. The van der Waals surface area contributed by atoms with Crippen molar-refractivity contribution in [2.45, 2.75) is 140 Å². The average Bonchev–Trinajstić information content (AvgIpc) is 3.81. The summed E-state index contributed by atoms with van der Waals surface area (Å²) in [6.07, 6.45) is 14.5. The minimum atomic E-state index is -0.659. The summed E-state index contributed by atoms with van der Waals surface area (Å²) in [6, 6.07) is 8.05. The fourth-order valence-corrected chi connectivity index (χ4v) is 11.5. The molecule has 3 aliphatic heterocycles. The zero-order chi connectivity index (χ0) is 40.7. The number of rotatable bonds is 11. The second-order valence-electron chi connectivity index (χ2n) is 19.1. The van der Waals surface area contributed by atoms with E-state index >= 15 is 0 Å². The lowest BCUT2D eigenvalue weighted by Crippen LogP contribution is -2.55. The van der Waals surface area contributed by atoms with Gasteiger partial charge in [-0.15, -0.1) is 0 Å². The summed E-state index contributed by atoms with van der Waals surface area (Å²) in [5.74, 6) is 1.56. The Morgan fingerprint density at radius 2 is 1.26 bits per heavy atom. The molecule has 4 amide bonds. The van der Waals surface area contributed by atoms with Gasteiger partial charge < -0.3 is 34.9 Å². The smallest absolute Gasteiger partial charge is 0.407 e. The highest BCUT2D eigenvalue weighted by molar-refractivity contribution is 5.99. The number of hydrogen-bond donors (Lipinski definition) is 3. The normalized spacial score (nSPS) is 32.6. The zero-order valence-electron chi connectivity index (χ0n) is 34.8. The topological polar surface area (TPSA) is 158 Å². The molecular formula is C45H59N7O6. The van der Waals surface area contributed by atoms with Crippen LogP contribution in [0, 0.1) is 29.1 Å². The molecule has 1 aromatic heterocycles. The Labute approximate surface area is 341 Å². The van der Waals surface area contributed by atoms with Crippen molar-refractivity contribution in [1.29, 1.82) is 0 Å². The van der Waals surface area contributed by atoms with Crippen LogP contribution in [0.2, 0.25) is 0 Å². The van der Waals surface area contributed by atoms with Gasteiger partial charge in [0.1, 0.15) is 17.9 Å². The van der Waals surface area contributed by atoms with Gasteiger partial charge in [0.25, 0.3) is 0 Å². The van der Waals surface area contributed by atoms with Gasteiger partial charge in [-0.05, 0) is 115 Å². The van der Waals surface area contributed by atoms with E-state index in [0.717, 1.165) is 93.4 Å². The molecular weight excluding hydrogens is 735 g/mol. The number of amides is 4. The third-order valence-corrected chi connectivity index (χ3v) is 15.3. The van der Waals surface area contributed by atoms with Crippen LogP contribution in [0.3, 0.4) is 0 Å². The van der Waals surface area contributed by atoms with Crippen LogP contribution in [0.15, 0.2) is 47.2 Å². The number of nitrogens with zero attached hydrogens (tertiary/aromatic N) is 4. The van der Waals surface area contributed by atoms with E-state index in [-0.39, 0.29) is 58.6 Å². The van der Waals surface area contributed by atoms with E-state index in [9.17, 15) is 19.2 Å². The standard InChI is InChI=1S/C45H59N7O6/c1-24(2)37(49-42(55)57-5)40(53)51-33-17-27(33)19-35(51)31-21-30(22-46-31)45-14-11-44(12-15-45,13-16-45)29-9-7-26(8-10-29)32-23-47-39(48-32)36-20-28-18-34(28)52(36)41(54)38(25(3)4)50-43(56)58-6/h7-10,22-25,27-28,33-38H,11-21H2,1-6H3,(H,47,48)(H,49,55)(H,50,56)/t27-,28-,33-,34-,35+,36+,37+,38+,44?,45?/m1/s1. The molecule has 5 aliphatic carbocycles. The molecule has 4 heterocycles. The number of allylic oxidation sites excluding steroid dienone is 1. The molecule has 0 unspecified atom stereocenters. The molecule has 8 aliphatic rings.